The largest absolute Gasteiger partial charge is 0.512 e. The van der Waals surface area contributed by atoms with Gasteiger partial charge in [0.05, 0.1) is 27.0 Å². The maximum atomic E-state index is 9.60. The highest BCUT2D eigenvalue weighted by atomic mass is 32.1. The summed E-state index contributed by atoms with van der Waals surface area (Å²) in [5, 5.41) is 13.9. The summed E-state index contributed by atoms with van der Waals surface area (Å²) < 4.78 is 0. The molecular formula is C18H23N3OS. The van der Waals surface area contributed by atoms with E-state index < -0.39 is 5.41 Å². The highest BCUT2D eigenvalue weighted by Gasteiger charge is 2.21. The van der Waals surface area contributed by atoms with Gasteiger partial charge in [0.25, 0.3) is 0 Å². The molecule has 0 aliphatic heterocycles. The molecule has 2 heterocycles. The van der Waals surface area contributed by atoms with Crippen LogP contribution in [0.1, 0.15) is 30.1 Å². The van der Waals surface area contributed by atoms with Crippen LogP contribution < -0.4 is 5.32 Å². The van der Waals surface area contributed by atoms with Crippen molar-refractivity contribution in [2.75, 3.05) is 6.54 Å². The molecule has 122 valence electrons. The van der Waals surface area contributed by atoms with Crippen molar-refractivity contribution in [1.29, 1.82) is 0 Å². The fraction of sp³-hybridized carbons (Fsp3) is 0.333. The van der Waals surface area contributed by atoms with E-state index in [1.54, 1.807) is 11.3 Å². The lowest BCUT2D eigenvalue weighted by molar-refractivity contribution is 0.259. The van der Waals surface area contributed by atoms with E-state index in [9.17, 15) is 5.11 Å². The van der Waals surface area contributed by atoms with Crippen molar-refractivity contribution in [3.8, 4) is 10.4 Å². The third-order valence-corrected chi connectivity index (χ3v) is 4.76. The number of hydrogen-bond donors (Lipinski definition) is 2. The Kier molecular flexibility index (Phi) is 4.90. The average molecular weight is 329 g/mol. The van der Waals surface area contributed by atoms with Crippen LogP contribution >= 0.6 is 11.3 Å². The minimum atomic E-state index is -0.420. The molecule has 0 aliphatic rings. The number of aliphatic hydroxyl groups is 1. The number of nitrogens with zero attached hydrogens (tertiary/aromatic N) is 2. The third-order valence-electron chi connectivity index (χ3n) is 3.79. The van der Waals surface area contributed by atoms with E-state index in [1.807, 2.05) is 40.1 Å². The number of rotatable bonds is 6. The lowest BCUT2D eigenvalue weighted by Gasteiger charge is -2.25. The zero-order valence-electron chi connectivity index (χ0n) is 14.1. The molecule has 0 amide bonds. The molecule has 0 spiro atoms. The van der Waals surface area contributed by atoms with Crippen LogP contribution in [0.15, 0.2) is 37.4 Å². The average Bonchev–Trinajstić information content (AvgIpc) is 2.91. The summed E-state index contributed by atoms with van der Waals surface area (Å²) in [6, 6.07) is 2.10. The van der Waals surface area contributed by atoms with Gasteiger partial charge in [-0.05, 0) is 25.5 Å². The Morgan fingerprint density at radius 2 is 1.96 bits per heavy atom. The molecule has 23 heavy (non-hydrogen) atoms. The fourth-order valence-corrected chi connectivity index (χ4v) is 2.79. The van der Waals surface area contributed by atoms with Crippen molar-refractivity contribution < 1.29 is 5.11 Å². The number of pyridine rings is 1. The first kappa shape index (κ1) is 17.2. The number of thiazole rings is 1. The lowest BCUT2D eigenvalue weighted by Crippen LogP contribution is -2.30. The van der Waals surface area contributed by atoms with E-state index in [-0.39, 0.29) is 5.76 Å². The van der Waals surface area contributed by atoms with Crippen LogP contribution in [0.25, 0.3) is 16.1 Å². The number of aryl methyl sites for hydroxylation is 2. The second kappa shape index (κ2) is 6.54. The van der Waals surface area contributed by atoms with Gasteiger partial charge in [-0.25, -0.2) is 4.98 Å². The molecular weight excluding hydrogens is 306 g/mol. The van der Waals surface area contributed by atoms with Crippen LogP contribution in [0.4, 0.5) is 0 Å². The third kappa shape index (κ3) is 3.99. The molecule has 0 atom stereocenters. The Balaban J connectivity index is 2.14. The van der Waals surface area contributed by atoms with Crippen LogP contribution in [-0.2, 0) is 0 Å². The maximum absolute atomic E-state index is 9.60. The van der Waals surface area contributed by atoms with Gasteiger partial charge in [0.15, 0.2) is 0 Å². The van der Waals surface area contributed by atoms with Gasteiger partial charge in [-0.15, -0.1) is 11.3 Å². The molecule has 0 unspecified atom stereocenters. The van der Waals surface area contributed by atoms with Gasteiger partial charge >= 0.3 is 0 Å². The van der Waals surface area contributed by atoms with Gasteiger partial charge in [-0.3, -0.25) is 4.98 Å². The summed E-state index contributed by atoms with van der Waals surface area (Å²) in [7, 11) is 0. The summed E-state index contributed by atoms with van der Waals surface area (Å²) in [5.41, 5.74) is 3.26. The molecule has 0 radical (unpaired) electrons. The van der Waals surface area contributed by atoms with E-state index in [0.29, 0.717) is 6.54 Å². The predicted octanol–water partition coefficient (Wildman–Crippen LogP) is 4.48. The van der Waals surface area contributed by atoms with Gasteiger partial charge in [-0.1, -0.05) is 27.0 Å². The Labute approximate surface area is 141 Å². The van der Waals surface area contributed by atoms with E-state index in [4.69, 9.17) is 0 Å². The van der Waals surface area contributed by atoms with E-state index in [2.05, 4.69) is 34.5 Å². The number of aromatic nitrogens is 2. The van der Waals surface area contributed by atoms with Gasteiger partial charge in [-0.2, -0.15) is 0 Å². The van der Waals surface area contributed by atoms with E-state index >= 15 is 0 Å². The smallest absolute Gasteiger partial charge is 0.0924 e. The maximum Gasteiger partial charge on any atom is 0.0924 e. The first-order valence-electron chi connectivity index (χ1n) is 7.41. The summed E-state index contributed by atoms with van der Waals surface area (Å²) in [6.07, 6.45) is 3.72. The Morgan fingerprint density at radius 1 is 1.26 bits per heavy atom. The van der Waals surface area contributed by atoms with Crippen molar-refractivity contribution >= 4 is 17.0 Å². The standard InChI is InChI=1S/C18H23N3OS/c1-11-7-15(16-9-19-14(4)23-16)8-20-17(11)12(2)21-10-18(5,6)13(3)22/h7-9,21-22H,2-3,10H2,1,4-6H3. The first-order chi connectivity index (χ1) is 10.7. The first-order valence-corrected chi connectivity index (χ1v) is 8.23. The monoisotopic (exact) mass is 329 g/mol. The van der Waals surface area contributed by atoms with Crippen LogP contribution in [-0.4, -0.2) is 21.6 Å². The zero-order valence-corrected chi connectivity index (χ0v) is 14.9. The lowest BCUT2D eigenvalue weighted by atomic mass is 9.91. The number of nitrogens with one attached hydrogen (secondary N) is 1. The van der Waals surface area contributed by atoms with Crippen molar-refractivity contribution in [2.24, 2.45) is 5.41 Å². The number of hydrogen-bond acceptors (Lipinski definition) is 5. The fourth-order valence-electron chi connectivity index (χ4n) is 2.03. The summed E-state index contributed by atoms with van der Waals surface area (Å²) in [4.78, 5) is 9.94. The summed E-state index contributed by atoms with van der Waals surface area (Å²) in [5.74, 6) is 0.151. The molecule has 5 heteroatoms. The zero-order chi connectivity index (χ0) is 17.2. The highest BCUT2D eigenvalue weighted by molar-refractivity contribution is 7.15. The predicted molar refractivity (Wildman–Crippen MR) is 97.4 cm³/mol. The summed E-state index contributed by atoms with van der Waals surface area (Å²) in [6.45, 7) is 16.1. The van der Waals surface area contributed by atoms with Crippen molar-refractivity contribution in [1.82, 2.24) is 15.3 Å². The Hall–Kier alpha value is -2.14. The van der Waals surface area contributed by atoms with Crippen LogP contribution in [0.5, 0.6) is 0 Å². The molecule has 0 saturated carbocycles. The quantitative estimate of drug-likeness (QED) is 0.767. The Morgan fingerprint density at radius 3 is 2.48 bits per heavy atom. The molecule has 0 aliphatic carbocycles. The minimum Gasteiger partial charge on any atom is -0.512 e. The topological polar surface area (TPSA) is 58.0 Å². The second-order valence-electron chi connectivity index (χ2n) is 6.30. The molecule has 0 saturated heterocycles. The molecule has 2 N–H and O–H groups in total. The van der Waals surface area contributed by atoms with Gasteiger partial charge in [0, 0.05) is 29.9 Å². The molecule has 0 bridgehead atoms. The van der Waals surface area contributed by atoms with Crippen molar-refractivity contribution in [3.63, 3.8) is 0 Å². The molecule has 4 nitrogen and oxygen atoms in total. The SMILES string of the molecule is C=C(NCC(C)(C)C(=C)O)c1ncc(-c2cnc(C)s2)cc1C. The van der Waals surface area contributed by atoms with Crippen molar-refractivity contribution in [2.45, 2.75) is 27.7 Å². The van der Waals surface area contributed by atoms with Gasteiger partial charge < -0.3 is 10.4 Å². The Bertz CT molecular complexity index is 746. The molecule has 0 aromatic carbocycles. The molecule has 2 rings (SSSR count). The van der Waals surface area contributed by atoms with Crippen LogP contribution in [0, 0.1) is 19.3 Å². The van der Waals surface area contributed by atoms with Gasteiger partial charge in [0.2, 0.25) is 0 Å². The van der Waals surface area contributed by atoms with Crippen molar-refractivity contribution in [3.05, 3.63) is 53.6 Å². The number of aliphatic hydroxyl groups excluding tert-OH is 1. The van der Waals surface area contributed by atoms with Gasteiger partial charge in [0.1, 0.15) is 0 Å². The summed E-state index contributed by atoms with van der Waals surface area (Å²) >= 11 is 1.65. The van der Waals surface area contributed by atoms with E-state index in [1.165, 1.54) is 0 Å². The second-order valence-corrected chi connectivity index (χ2v) is 7.53. The van der Waals surface area contributed by atoms with E-state index in [0.717, 1.165) is 32.4 Å². The highest BCUT2D eigenvalue weighted by Crippen LogP contribution is 2.28. The van der Waals surface area contributed by atoms with Crippen LogP contribution in [0.2, 0.25) is 0 Å². The molecule has 2 aromatic heterocycles. The molecule has 0 fully saturated rings. The van der Waals surface area contributed by atoms with Crippen LogP contribution in [0.3, 0.4) is 0 Å². The molecule has 2 aromatic rings. The normalized spacial score (nSPS) is 11.3. The minimum absolute atomic E-state index is 0.151.